The van der Waals surface area contributed by atoms with Gasteiger partial charge in [-0.2, -0.15) is 5.26 Å². The molecular weight excluding hydrogens is 371 g/mol. The molecule has 0 aliphatic heterocycles. The highest BCUT2D eigenvalue weighted by atomic mass is 127. The smallest absolute Gasteiger partial charge is 0.0766 e. The first-order valence-corrected chi connectivity index (χ1v) is 8.04. The number of anilines is 1. The molecule has 0 aliphatic rings. The number of nitrogens with one attached hydrogen (secondary N) is 1. The largest absolute Gasteiger partial charge is 0.379 e. The van der Waals surface area contributed by atoms with Crippen molar-refractivity contribution in [2.75, 3.05) is 5.32 Å². The second-order valence-corrected chi connectivity index (χ2v) is 6.98. The highest BCUT2D eigenvalue weighted by molar-refractivity contribution is 14.1. The summed E-state index contributed by atoms with van der Waals surface area (Å²) in [5.74, 6) is 0. The molecule has 1 atom stereocenters. The highest BCUT2D eigenvalue weighted by Gasteiger charge is 2.19. The molecule has 0 spiro atoms. The Morgan fingerprint density at radius 1 is 1.05 bits per heavy atom. The molecule has 0 aromatic heterocycles. The van der Waals surface area contributed by atoms with Crippen LogP contribution in [-0.4, -0.2) is 0 Å². The molecule has 0 fully saturated rings. The first-order valence-electron chi connectivity index (χ1n) is 6.96. The van der Waals surface area contributed by atoms with Crippen molar-refractivity contribution >= 4 is 28.3 Å². The number of hydrogen-bond acceptors (Lipinski definition) is 2. The van der Waals surface area contributed by atoms with Crippen molar-refractivity contribution in [3.63, 3.8) is 0 Å². The van der Waals surface area contributed by atoms with Gasteiger partial charge in [0.2, 0.25) is 0 Å². The lowest BCUT2D eigenvalue weighted by Gasteiger charge is -2.19. The maximum atomic E-state index is 9.17. The van der Waals surface area contributed by atoms with Gasteiger partial charge < -0.3 is 5.32 Å². The Morgan fingerprint density at radius 2 is 1.62 bits per heavy atom. The zero-order chi connectivity index (χ0) is 15.5. The Morgan fingerprint density at radius 3 is 2.14 bits per heavy atom. The average Bonchev–Trinajstić information content (AvgIpc) is 2.48. The highest BCUT2D eigenvalue weighted by Crippen LogP contribution is 2.25. The first-order chi connectivity index (χ1) is 9.92. The summed E-state index contributed by atoms with van der Waals surface area (Å²) in [6, 6.07) is 19.2. The number of benzene rings is 2. The third-order valence-corrected chi connectivity index (χ3v) is 4.36. The predicted molar refractivity (Wildman–Crippen MR) is 96.3 cm³/mol. The Kier molecular flexibility index (Phi) is 4.89. The third-order valence-electron chi connectivity index (χ3n) is 3.64. The van der Waals surface area contributed by atoms with Crippen LogP contribution in [-0.2, 0) is 5.41 Å². The van der Waals surface area contributed by atoms with Gasteiger partial charge in [0.1, 0.15) is 0 Å². The summed E-state index contributed by atoms with van der Waals surface area (Å²) in [6.45, 7) is 6.02. The van der Waals surface area contributed by atoms with E-state index >= 15 is 0 Å². The van der Waals surface area contributed by atoms with E-state index in [0.29, 0.717) is 0 Å². The normalized spacial score (nSPS) is 12.5. The number of nitriles is 1. The standard InChI is InChI=1S/C18H19IN2/c1-13(14-4-8-16(19)9-5-14)21-17-10-6-15(7-11-17)18(2,3)12-20/h4-11,13,21H,1-3H3. The van der Waals surface area contributed by atoms with Crippen molar-refractivity contribution in [1.82, 2.24) is 0 Å². The predicted octanol–water partition coefficient (Wildman–Crippen LogP) is 5.27. The monoisotopic (exact) mass is 390 g/mol. The third kappa shape index (κ3) is 3.98. The summed E-state index contributed by atoms with van der Waals surface area (Å²) in [5.41, 5.74) is 2.92. The molecule has 0 radical (unpaired) electrons. The second-order valence-electron chi connectivity index (χ2n) is 5.73. The molecule has 3 heteroatoms. The van der Waals surface area contributed by atoms with E-state index < -0.39 is 5.41 Å². The Hall–Kier alpha value is -1.54. The van der Waals surface area contributed by atoms with Crippen LogP contribution in [0.5, 0.6) is 0 Å². The number of rotatable bonds is 4. The molecule has 108 valence electrons. The lowest BCUT2D eigenvalue weighted by atomic mass is 9.86. The molecule has 0 saturated carbocycles. The van der Waals surface area contributed by atoms with Gasteiger partial charge in [-0.3, -0.25) is 0 Å². The summed E-state index contributed by atoms with van der Waals surface area (Å²) in [5, 5.41) is 12.7. The van der Waals surface area contributed by atoms with E-state index in [0.717, 1.165) is 11.3 Å². The molecule has 0 bridgehead atoms. The molecule has 2 rings (SSSR count). The molecule has 2 nitrogen and oxygen atoms in total. The number of nitrogens with zero attached hydrogens (tertiary/aromatic N) is 1. The van der Waals surface area contributed by atoms with Crippen molar-refractivity contribution < 1.29 is 0 Å². The van der Waals surface area contributed by atoms with E-state index in [-0.39, 0.29) is 6.04 Å². The van der Waals surface area contributed by atoms with Crippen LogP contribution in [0, 0.1) is 14.9 Å². The van der Waals surface area contributed by atoms with Gasteiger partial charge in [-0.25, -0.2) is 0 Å². The van der Waals surface area contributed by atoms with Gasteiger partial charge in [0.15, 0.2) is 0 Å². The fourth-order valence-electron chi connectivity index (χ4n) is 2.13. The van der Waals surface area contributed by atoms with E-state index in [2.05, 4.69) is 65.2 Å². The van der Waals surface area contributed by atoms with Crippen molar-refractivity contribution in [1.29, 1.82) is 5.26 Å². The number of hydrogen-bond donors (Lipinski definition) is 1. The molecule has 0 aliphatic carbocycles. The molecule has 2 aromatic carbocycles. The molecule has 2 aromatic rings. The SMILES string of the molecule is CC(Nc1ccc(C(C)(C)C#N)cc1)c1ccc(I)cc1. The van der Waals surface area contributed by atoms with Crippen LogP contribution < -0.4 is 5.32 Å². The van der Waals surface area contributed by atoms with Gasteiger partial charge in [-0.15, -0.1) is 0 Å². The quantitative estimate of drug-likeness (QED) is 0.723. The van der Waals surface area contributed by atoms with Crippen LogP contribution in [0.3, 0.4) is 0 Å². The average molecular weight is 390 g/mol. The van der Waals surface area contributed by atoms with Crippen molar-refractivity contribution in [3.05, 3.63) is 63.2 Å². The van der Waals surface area contributed by atoms with Crippen LogP contribution in [0.1, 0.15) is 37.9 Å². The summed E-state index contributed by atoms with van der Waals surface area (Å²) in [6.07, 6.45) is 0. The summed E-state index contributed by atoms with van der Waals surface area (Å²) in [7, 11) is 0. The minimum Gasteiger partial charge on any atom is -0.379 e. The van der Waals surface area contributed by atoms with Crippen LogP contribution in [0.4, 0.5) is 5.69 Å². The van der Waals surface area contributed by atoms with Crippen molar-refractivity contribution in [2.45, 2.75) is 32.2 Å². The van der Waals surface area contributed by atoms with Gasteiger partial charge >= 0.3 is 0 Å². The minimum absolute atomic E-state index is 0.247. The van der Waals surface area contributed by atoms with Crippen LogP contribution in [0.2, 0.25) is 0 Å². The van der Waals surface area contributed by atoms with Crippen LogP contribution >= 0.6 is 22.6 Å². The van der Waals surface area contributed by atoms with Crippen molar-refractivity contribution in [3.8, 4) is 6.07 Å². The summed E-state index contributed by atoms with van der Waals surface area (Å²) >= 11 is 2.31. The molecule has 1 unspecified atom stereocenters. The summed E-state index contributed by atoms with van der Waals surface area (Å²) in [4.78, 5) is 0. The molecule has 0 amide bonds. The van der Waals surface area contributed by atoms with E-state index in [9.17, 15) is 0 Å². The van der Waals surface area contributed by atoms with Crippen LogP contribution in [0.25, 0.3) is 0 Å². The maximum absolute atomic E-state index is 9.17. The Bertz CT molecular complexity index is 636. The van der Waals surface area contributed by atoms with Gasteiger partial charge in [0.25, 0.3) is 0 Å². The summed E-state index contributed by atoms with van der Waals surface area (Å²) < 4.78 is 1.24. The van der Waals surface area contributed by atoms with Gasteiger partial charge in [0.05, 0.1) is 11.5 Å². The van der Waals surface area contributed by atoms with E-state index in [4.69, 9.17) is 5.26 Å². The van der Waals surface area contributed by atoms with Gasteiger partial charge in [-0.1, -0.05) is 24.3 Å². The second kappa shape index (κ2) is 6.48. The molecular formula is C18H19IN2. The molecule has 0 heterocycles. The molecule has 21 heavy (non-hydrogen) atoms. The van der Waals surface area contributed by atoms with Gasteiger partial charge in [0, 0.05) is 15.3 Å². The minimum atomic E-state index is -0.444. The lowest BCUT2D eigenvalue weighted by Crippen LogP contribution is -2.14. The van der Waals surface area contributed by atoms with Crippen LogP contribution in [0.15, 0.2) is 48.5 Å². The first kappa shape index (κ1) is 15.8. The molecule has 0 saturated heterocycles. The zero-order valence-electron chi connectivity index (χ0n) is 12.5. The molecule has 1 N–H and O–H groups in total. The van der Waals surface area contributed by atoms with E-state index in [1.165, 1.54) is 9.13 Å². The number of halogens is 1. The van der Waals surface area contributed by atoms with E-state index in [1.54, 1.807) is 0 Å². The fourth-order valence-corrected chi connectivity index (χ4v) is 2.49. The Balaban J connectivity index is 2.10. The van der Waals surface area contributed by atoms with E-state index in [1.807, 2.05) is 38.1 Å². The Labute approximate surface area is 140 Å². The topological polar surface area (TPSA) is 35.8 Å². The van der Waals surface area contributed by atoms with Crippen molar-refractivity contribution in [2.24, 2.45) is 0 Å². The lowest BCUT2D eigenvalue weighted by molar-refractivity contribution is 0.687. The fraction of sp³-hybridized carbons (Fsp3) is 0.278. The zero-order valence-corrected chi connectivity index (χ0v) is 14.7. The van der Waals surface area contributed by atoms with Gasteiger partial charge in [-0.05, 0) is 78.8 Å². The maximum Gasteiger partial charge on any atom is 0.0766 e.